The van der Waals surface area contributed by atoms with Crippen molar-refractivity contribution in [3.05, 3.63) is 185 Å². The van der Waals surface area contributed by atoms with E-state index in [9.17, 15) is 9.90 Å². The lowest BCUT2D eigenvalue weighted by Gasteiger charge is -2.37. The Morgan fingerprint density at radius 1 is 0.796 bits per heavy atom. The Hall–Kier alpha value is -6.12. The molecule has 1 N–H and O–H groups in total. The number of ether oxygens (including phenoxy) is 4. The van der Waals surface area contributed by atoms with E-state index < -0.39 is 17.3 Å². The third kappa shape index (κ3) is 5.05. The average Bonchev–Trinajstić information content (AvgIpc) is 3.88. The van der Waals surface area contributed by atoms with Crippen LogP contribution >= 0.6 is 0 Å². The molecule has 8 nitrogen and oxygen atoms in total. The van der Waals surface area contributed by atoms with Crippen LogP contribution in [0, 0.1) is 0 Å². The number of benzene rings is 5. The van der Waals surface area contributed by atoms with Gasteiger partial charge in [-0.2, -0.15) is 0 Å². The van der Waals surface area contributed by atoms with Crippen LogP contribution in [-0.2, 0) is 27.3 Å². The molecule has 242 valence electrons. The van der Waals surface area contributed by atoms with Gasteiger partial charge >= 0.3 is 5.97 Å². The lowest BCUT2D eigenvalue weighted by Crippen LogP contribution is -2.37. The topological polar surface area (TPSA) is 92.0 Å². The third-order valence-corrected chi connectivity index (χ3v) is 9.25. The molecule has 0 radical (unpaired) electrons. The molecule has 3 heterocycles. The highest BCUT2D eigenvalue weighted by atomic mass is 16.7. The van der Waals surface area contributed by atoms with Crippen molar-refractivity contribution in [2.24, 2.45) is 0 Å². The van der Waals surface area contributed by atoms with Gasteiger partial charge in [0.05, 0.1) is 24.7 Å². The van der Waals surface area contributed by atoms with Crippen LogP contribution < -0.4 is 14.2 Å². The Morgan fingerprint density at radius 2 is 1.39 bits per heavy atom. The van der Waals surface area contributed by atoms with E-state index in [2.05, 4.69) is 41.0 Å². The largest absolute Gasteiger partial charge is 0.497 e. The van der Waals surface area contributed by atoms with Crippen molar-refractivity contribution < 1.29 is 28.8 Å². The van der Waals surface area contributed by atoms with Crippen molar-refractivity contribution in [1.29, 1.82) is 0 Å². The highest BCUT2D eigenvalue weighted by Crippen LogP contribution is 2.47. The molecule has 0 aliphatic carbocycles. The summed E-state index contributed by atoms with van der Waals surface area (Å²) in [6.45, 7) is 0.0916. The van der Waals surface area contributed by atoms with Crippen molar-refractivity contribution in [3.8, 4) is 17.2 Å². The number of carbonyl (C=O) groups excluding carboxylic acids is 1. The smallest absolute Gasteiger partial charge is 0.342 e. The molecule has 2 aliphatic rings. The first-order valence-corrected chi connectivity index (χ1v) is 15.9. The quantitative estimate of drug-likeness (QED) is 0.135. The summed E-state index contributed by atoms with van der Waals surface area (Å²) in [5, 5.41) is 12.3. The maximum absolute atomic E-state index is 13.7. The number of imidazole rings is 1. The Balaban J connectivity index is 1.30. The summed E-state index contributed by atoms with van der Waals surface area (Å²) in [5.41, 5.74) is 4.52. The van der Waals surface area contributed by atoms with E-state index in [1.54, 1.807) is 49.6 Å². The number of esters is 1. The number of cyclic esters (lactones) is 1. The summed E-state index contributed by atoms with van der Waals surface area (Å²) in [6.07, 6.45) is 3.90. The summed E-state index contributed by atoms with van der Waals surface area (Å²) in [4.78, 5) is 18.7. The van der Waals surface area contributed by atoms with Crippen molar-refractivity contribution >= 4 is 11.5 Å². The number of rotatable bonds is 9. The van der Waals surface area contributed by atoms with Crippen molar-refractivity contribution in [2.45, 2.75) is 17.7 Å². The highest BCUT2D eigenvalue weighted by molar-refractivity contribution is 6.20. The molecule has 1 unspecified atom stereocenters. The first kappa shape index (κ1) is 30.2. The Morgan fingerprint density at radius 3 is 1.98 bits per heavy atom. The molecule has 0 saturated heterocycles. The van der Waals surface area contributed by atoms with Gasteiger partial charge in [-0.25, -0.2) is 9.78 Å². The normalized spacial score (nSPS) is 16.9. The number of nitrogens with zero attached hydrogens (tertiary/aromatic N) is 2. The molecule has 5 aromatic carbocycles. The summed E-state index contributed by atoms with van der Waals surface area (Å²) < 4.78 is 24.4. The maximum Gasteiger partial charge on any atom is 0.342 e. The summed E-state index contributed by atoms with van der Waals surface area (Å²) in [7, 11) is 1.57. The molecule has 0 bridgehead atoms. The lowest BCUT2D eigenvalue weighted by atomic mass is 9.76. The van der Waals surface area contributed by atoms with E-state index in [-0.39, 0.29) is 18.8 Å². The van der Waals surface area contributed by atoms with Gasteiger partial charge in [0.25, 0.3) is 5.79 Å². The molecule has 49 heavy (non-hydrogen) atoms. The van der Waals surface area contributed by atoms with Gasteiger partial charge in [-0.1, -0.05) is 97.1 Å². The van der Waals surface area contributed by atoms with Gasteiger partial charge in [-0.15, -0.1) is 0 Å². The predicted molar refractivity (Wildman–Crippen MR) is 183 cm³/mol. The molecule has 8 rings (SSSR count). The molecule has 0 saturated carbocycles. The van der Waals surface area contributed by atoms with Crippen LogP contribution in [0.3, 0.4) is 0 Å². The van der Waals surface area contributed by atoms with Crippen LogP contribution in [0.1, 0.15) is 33.5 Å². The molecule has 2 aliphatic heterocycles. The Labute approximate surface area is 283 Å². The average molecular weight is 649 g/mol. The van der Waals surface area contributed by atoms with Gasteiger partial charge in [0.1, 0.15) is 11.3 Å². The van der Waals surface area contributed by atoms with E-state index in [0.29, 0.717) is 39.6 Å². The van der Waals surface area contributed by atoms with E-state index in [0.717, 1.165) is 16.7 Å². The molecule has 0 amide bonds. The molecular formula is C41H32N2O6. The fourth-order valence-electron chi connectivity index (χ4n) is 6.95. The minimum absolute atomic E-state index is 0.0916. The van der Waals surface area contributed by atoms with Crippen LogP contribution in [0.5, 0.6) is 17.2 Å². The van der Waals surface area contributed by atoms with E-state index in [1.807, 2.05) is 67.1 Å². The fourth-order valence-corrected chi connectivity index (χ4v) is 6.95. The summed E-state index contributed by atoms with van der Waals surface area (Å²) in [6, 6.07) is 43.0. The molecule has 0 fully saturated rings. The molecular weight excluding hydrogens is 616 g/mol. The zero-order valence-corrected chi connectivity index (χ0v) is 26.7. The summed E-state index contributed by atoms with van der Waals surface area (Å²) in [5.74, 6) is -1.01. The Kier molecular flexibility index (Phi) is 7.50. The molecule has 1 atom stereocenters. The van der Waals surface area contributed by atoms with Crippen LogP contribution in [0.25, 0.3) is 5.57 Å². The second-order valence-corrected chi connectivity index (χ2v) is 11.9. The van der Waals surface area contributed by atoms with E-state index in [1.165, 1.54) is 0 Å². The second kappa shape index (κ2) is 12.2. The molecule has 1 aromatic heterocycles. The first-order valence-electron chi connectivity index (χ1n) is 15.9. The van der Waals surface area contributed by atoms with Crippen LogP contribution in [0.2, 0.25) is 0 Å². The number of fused-ring (bicyclic) bond motifs is 1. The monoisotopic (exact) mass is 648 g/mol. The minimum Gasteiger partial charge on any atom is -0.497 e. The SMILES string of the molecule is COc1ccc(C2(O)OC(=O)C(c3ccc4c(c3)OCO4)=C2Cc2cn(C(c3ccccc3)(c3ccccc3)c3ccccc3)cn2)cc1. The standard InChI is InChI=1S/C41H32N2O6/c1-46-34-20-18-32(19-21-34)41(45)35(38(39(44)49-41)28-17-22-36-37(23-28)48-27-47-36)24-33-25-43(26-42-33)40(29-11-5-2-6-12-29,30-13-7-3-8-14-30)31-15-9-4-10-16-31/h2-23,25-26,45H,24,27H2,1H3. The highest BCUT2D eigenvalue weighted by Gasteiger charge is 2.49. The fraction of sp³-hybridized carbons (Fsp3) is 0.122. The first-order chi connectivity index (χ1) is 24.0. The zero-order valence-electron chi connectivity index (χ0n) is 26.7. The van der Waals surface area contributed by atoms with Crippen LogP contribution in [-0.4, -0.2) is 34.5 Å². The van der Waals surface area contributed by atoms with Crippen molar-refractivity contribution in [3.63, 3.8) is 0 Å². The zero-order chi connectivity index (χ0) is 33.4. The third-order valence-electron chi connectivity index (χ3n) is 9.25. The van der Waals surface area contributed by atoms with Crippen molar-refractivity contribution in [1.82, 2.24) is 9.55 Å². The van der Waals surface area contributed by atoms with E-state index in [4.69, 9.17) is 23.9 Å². The molecule has 0 spiro atoms. The summed E-state index contributed by atoms with van der Waals surface area (Å²) >= 11 is 0. The van der Waals surface area contributed by atoms with Crippen molar-refractivity contribution in [2.75, 3.05) is 13.9 Å². The molecule has 6 aromatic rings. The molecule has 8 heteroatoms. The van der Waals surface area contributed by atoms with Gasteiger partial charge in [0.15, 0.2) is 11.5 Å². The van der Waals surface area contributed by atoms with Crippen LogP contribution in [0.4, 0.5) is 0 Å². The van der Waals surface area contributed by atoms with Gasteiger partial charge in [0, 0.05) is 23.8 Å². The maximum atomic E-state index is 13.7. The number of aromatic nitrogens is 2. The predicted octanol–water partition coefficient (Wildman–Crippen LogP) is 6.86. The van der Waals surface area contributed by atoms with Gasteiger partial charge in [-0.05, 0) is 58.7 Å². The number of methoxy groups -OCH3 is 1. The number of hydrogen-bond acceptors (Lipinski definition) is 7. The number of aliphatic hydroxyl groups is 1. The van der Waals surface area contributed by atoms with Crippen LogP contribution in [0.15, 0.2) is 152 Å². The van der Waals surface area contributed by atoms with E-state index >= 15 is 0 Å². The second-order valence-electron chi connectivity index (χ2n) is 11.9. The van der Waals surface area contributed by atoms with Gasteiger partial charge in [0.2, 0.25) is 6.79 Å². The number of carbonyl (C=O) groups is 1. The Bertz CT molecular complexity index is 2060. The number of hydrogen-bond donors (Lipinski definition) is 1. The minimum atomic E-state index is -2.06. The van der Waals surface area contributed by atoms with Gasteiger partial charge < -0.3 is 28.6 Å². The lowest BCUT2D eigenvalue weighted by molar-refractivity contribution is -0.185. The van der Waals surface area contributed by atoms with Gasteiger partial charge in [-0.3, -0.25) is 0 Å².